The summed E-state index contributed by atoms with van der Waals surface area (Å²) in [6, 6.07) is 9.14. The Hall–Kier alpha value is -1.32. The van der Waals surface area contributed by atoms with E-state index >= 15 is 0 Å². The number of benzene rings is 1. The minimum absolute atomic E-state index is 0.860. The zero-order valence-electron chi connectivity index (χ0n) is 12.5. The van der Waals surface area contributed by atoms with Crippen molar-refractivity contribution < 1.29 is 4.42 Å². The first-order valence-electron chi connectivity index (χ1n) is 7.71. The van der Waals surface area contributed by atoms with Crippen molar-refractivity contribution in [3.05, 3.63) is 35.6 Å². The van der Waals surface area contributed by atoms with Crippen LogP contribution in [0.1, 0.15) is 31.1 Å². The Kier molecular flexibility index (Phi) is 4.08. The van der Waals surface area contributed by atoms with Gasteiger partial charge in [-0.25, -0.2) is 0 Å². The standard InChI is InChI=1S/C17H24N2O/c1-3-19(14-8-9-14)11-10-18-12-16-13(2)20-17-7-5-4-6-15(16)17/h4-7,14,18H,3,8-12H2,1-2H3. The summed E-state index contributed by atoms with van der Waals surface area (Å²) in [5.74, 6) is 1.04. The summed E-state index contributed by atoms with van der Waals surface area (Å²) in [4.78, 5) is 2.58. The van der Waals surface area contributed by atoms with E-state index in [-0.39, 0.29) is 0 Å². The van der Waals surface area contributed by atoms with E-state index in [4.69, 9.17) is 4.42 Å². The zero-order chi connectivity index (χ0) is 13.9. The predicted octanol–water partition coefficient (Wildman–Crippen LogP) is 3.32. The van der Waals surface area contributed by atoms with E-state index in [1.807, 2.05) is 12.1 Å². The molecule has 1 aromatic carbocycles. The maximum absolute atomic E-state index is 5.80. The van der Waals surface area contributed by atoms with Crippen molar-refractivity contribution in [2.75, 3.05) is 19.6 Å². The van der Waals surface area contributed by atoms with Crippen LogP contribution in [0.15, 0.2) is 28.7 Å². The van der Waals surface area contributed by atoms with E-state index in [0.29, 0.717) is 0 Å². The van der Waals surface area contributed by atoms with Crippen LogP contribution in [-0.4, -0.2) is 30.6 Å². The molecule has 1 saturated carbocycles. The second-order valence-corrected chi connectivity index (χ2v) is 5.67. The molecule has 1 N–H and O–H groups in total. The molecule has 0 bridgehead atoms. The SMILES string of the molecule is CCN(CCNCc1c(C)oc2ccccc12)C1CC1. The van der Waals surface area contributed by atoms with Crippen LogP contribution in [0.2, 0.25) is 0 Å². The van der Waals surface area contributed by atoms with Crippen molar-refractivity contribution in [3.8, 4) is 0 Å². The molecule has 0 atom stereocenters. The molecular formula is C17H24N2O. The molecule has 3 heteroatoms. The van der Waals surface area contributed by atoms with E-state index in [1.54, 1.807) is 0 Å². The summed E-state index contributed by atoms with van der Waals surface area (Å²) in [6.07, 6.45) is 2.78. The molecule has 1 aromatic heterocycles. The fourth-order valence-corrected chi connectivity index (χ4v) is 2.92. The maximum atomic E-state index is 5.80. The van der Waals surface area contributed by atoms with Gasteiger partial charge in [-0.15, -0.1) is 0 Å². The zero-order valence-corrected chi connectivity index (χ0v) is 12.5. The van der Waals surface area contributed by atoms with Crippen LogP contribution < -0.4 is 5.32 Å². The first-order valence-corrected chi connectivity index (χ1v) is 7.71. The van der Waals surface area contributed by atoms with Gasteiger partial charge in [0.05, 0.1) is 0 Å². The van der Waals surface area contributed by atoms with Crippen molar-refractivity contribution in [2.24, 2.45) is 0 Å². The van der Waals surface area contributed by atoms with Crippen LogP contribution in [-0.2, 0) is 6.54 Å². The molecule has 1 aliphatic carbocycles. The van der Waals surface area contributed by atoms with Crippen molar-refractivity contribution in [3.63, 3.8) is 0 Å². The number of nitrogens with one attached hydrogen (secondary N) is 1. The summed E-state index contributed by atoms with van der Waals surface area (Å²) in [5, 5.41) is 4.81. The average molecular weight is 272 g/mol. The third-order valence-electron chi connectivity index (χ3n) is 4.25. The van der Waals surface area contributed by atoms with Crippen LogP contribution in [0.25, 0.3) is 11.0 Å². The third-order valence-corrected chi connectivity index (χ3v) is 4.25. The number of rotatable bonds is 7. The number of para-hydroxylation sites is 1. The molecule has 0 saturated heterocycles. The van der Waals surface area contributed by atoms with Crippen LogP contribution in [0.5, 0.6) is 0 Å². The highest BCUT2D eigenvalue weighted by atomic mass is 16.3. The molecule has 3 rings (SSSR count). The molecule has 3 nitrogen and oxygen atoms in total. The molecule has 20 heavy (non-hydrogen) atoms. The van der Waals surface area contributed by atoms with Crippen molar-refractivity contribution >= 4 is 11.0 Å². The second kappa shape index (κ2) is 5.98. The Morgan fingerprint density at radius 3 is 2.85 bits per heavy atom. The molecule has 108 valence electrons. The number of furan rings is 1. The molecule has 1 aliphatic rings. The van der Waals surface area contributed by atoms with Gasteiger partial charge in [-0.3, -0.25) is 4.90 Å². The van der Waals surface area contributed by atoms with Crippen molar-refractivity contribution in [2.45, 2.75) is 39.3 Å². The first kappa shape index (κ1) is 13.7. The minimum Gasteiger partial charge on any atom is -0.461 e. The van der Waals surface area contributed by atoms with Crippen LogP contribution in [0.3, 0.4) is 0 Å². The fourth-order valence-electron chi connectivity index (χ4n) is 2.92. The first-order chi connectivity index (χ1) is 9.79. The molecule has 0 aliphatic heterocycles. The number of hydrogen-bond donors (Lipinski definition) is 1. The summed E-state index contributed by atoms with van der Waals surface area (Å²) in [6.45, 7) is 8.57. The quantitative estimate of drug-likeness (QED) is 0.784. The Morgan fingerprint density at radius 2 is 2.10 bits per heavy atom. The van der Waals surface area contributed by atoms with E-state index in [9.17, 15) is 0 Å². The molecule has 0 unspecified atom stereocenters. The minimum atomic E-state index is 0.860. The number of fused-ring (bicyclic) bond motifs is 1. The van der Waals surface area contributed by atoms with Gasteiger partial charge in [0.2, 0.25) is 0 Å². The smallest absolute Gasteiger partial charge is 0.134 e. The number of likely N-dealkylation sites (N-methyl/N-ethyl adjacent to an activating group) is 1. The molecule has 0 amide bonds. The number of nitrogens with zero attached hydrogens (tertiary/aromatic N) is 1. The highest BCUT2D eigenvalue weighted by molar-refractivity contribution is 5.82. The topological polar surface area (TPSA) is 28.4 Å². The van der Waals surface area contributed by atoms with E-state index < -0.39 is 0 Å². The lowest BCUT2D eigenvalue weighted by Crippen LogP contribution is -2.33. The molecular weight excluding hydrogens is 248 g/mol. The normalized spacial score (nSPS) is 15.3. The van der Waals surface area contributed by atoms with Crippen LogP contribution in [0, 0.1) is 6.92 Å². The number of aryl methyl sites for hydroxylation is 1. The van der Waals surface area contributed by atoms with Gasteiger partial charge >= 0.3 is 0 Å². The largest absolute Gasteiger partial charge is 0.461 e. The molecule has 2 aromatic rings. The average Bonchev–Trinajstić information content (AvgIpc) is 3.24. The molecule has 1 heterocycles. The van der Waals surface area contributed by atoms with Gasteiger partial charge in [-0.2, -0.15) is 0 Å². The Balaban J connectivity index is 1.55. The number of hydrogen-bond acceptors (Lipinski definition) is 3. The molecule has 0 spiro atoms. The van der Waals surface area contributed by atoms with Gasteiger partial charge in [-0.05, 0) is 32.4 Å². The van der Waals surface area contributed by atoms with Gasteiger partial charge in [-0.1, -0.05) is 25.1 Å². The monoisotopic (exact) mass is 272 g/mol. The summed E-state index contributed by atoms with van der Waals surface area (Å²) < 4.78 is 5.80. The predicted molar refractivity (Wildman–Crippen MR) is 82.9 cm³/mol. The summed E-state index contributed by atoms with van der Waals surface area (Å²) >= 11 is 0. The van der Waals surface area contributed by atoms with Gasteiger partial charge < -0.3 is 9.73 Å². The Morgan fingerprint density at radius 1 is 1.30 bits per heavy atom. The van der Waals surface area contributed by atoms with E-state index in [0.717, 1.165) is 37.0 Å². The van der Waals surface area contributed by atoms with Crippen LogP contribution in [0.4, 0.5) is 0 Å². The fraction of sp³-hybridized carbons (Fsp3) is 0.529. The van der Waals surface area contributed by atoms with Gasteiger partial charge in [0.1, 0.15) is 11.3 Å². The van der Waals surface area contributed by atoms with E-state index in [2.05, 4.69) is 36.2 Å². The van der Waals surface area contributed by atoms with E-state index in [1.165, 1.54) is 30.3 Å². The highest BCUT2D eigenvalue weighted by Crippen LogP contribution is 2.26. The summed E-state index contributed by atoms with van der Waals surface area (Å²) in [7, 11) is 0. The third kappa shape index (κ3) is 2.89. The highest BCUT2D eigenvalue weighted by Gasteiger charge is 2.27. The Bertz CT molecular complexity index is 571. The molecule has 1 fully saturated rings. The van der Waals surface area contributed by atoms with Gasteiger partial charge in [0, 0.05) is 36.6 Å². The van der Waals surface area contributed by atoms with Crippen molar-refractivity contribution in [1.29, 1.82) is 0 Å². The second-order valence-electron chi connectivity index (χ2n) is 5.67. The van der Waals surface area contributed by atoms with Crippen LogP contribution >= 0.6 is 0 Å². The van der Waals surface area contributed by atoms with Crippen molar-refractivity contribution in [1.82, 2.24) is 10.2 Å². The lowest BCUT2D eigenvalue weighted by molar-refractivity contribution is 0.277. The lowest BCUT2D eigenvalue weighted by Gasteiger charge is -2.19. The van der Waals surface area contributed by atoms with Gasteiger partial charge in [0.25, 0.3) is 0 Å². The Labute approximate surface area is 120 Å². The van der Waals surface area contributed by atoms with Gasteiger partial charge in [0.15, 0.2) is 0 Å². The lowest BCUT2D eigenvalue weighted by atomic mass is 10.1. The summed E-state index contributed by atoms with van der Waals surface area (Å²) in [5.41, 5.74) is 2.30. The molecule has 0 radical (unpaired) electrons. The maximum Gasteiger partial charge on any atom is 0.134 e.